The highest BCUT2D eigenvalue weighted by Gasteiger charge is 2.47. The van der Waals surface area contributed by atoms with E-state index < -0.39 is 17.7 Å². The maximum atomic E-state index is 13.5. The number of anilines is 2. The van der Waals surface area contributed by atoms with E-state index in [0.29, 0.717) is 48.1 Å². The average Bonchev–Trinajstić information content (AvgIpc) is 3.27. The molecule has 2 aliphatic rings. The molecule has 0 bridgehead atoms. The van der Waals surface area contributed by atoms with E-state index in [1.165, 1.54) is 4.90 Å². The highest BCUT2D eigenvalue weighted by atomic mass is 16.5. The Morgan fingerprint density at radius 3 is 2.58 bits per heavy atom. The Labute approximate surface area is 231 Å². The lowest BCUT2D eigenvalue weighted by atomic mass is 9.95. The Bertz CT molecular complexity index is 1590. The van der Waals surface area contributed by atoms with Gasteiger partial charge in [-0.05, 0) is 59.7 Å². The van der Waals surface area contributed by atoms with Crippen molar-refractivity contribution in [3.63, 3.8) is 0 Å². The number of Topliss-reactive ketones (excluding diaryl/α,β-unsaturated/α-hetero) is 1. The molecule has 1 unspecified atom stereocenters. The first-order chi connectivity index (χ1) is 19.5. The van der Waals surface area contributed by atoms with Crippen LogP contribution in [0.1, 0.15) is 22.7 Å². The van der Waals surface area contributed by atoms with E-state index in [0.717, 1.165) is 11.3 Å². The molecule has 6 rings (SSSR count). The summed E-state index contributed by atoms with van der Waals surface area (Å²) in [6.07, 6.45) is 3.22. The summed E-state index contributed by atoms with van der Waals surface area (Å²) in [4.78, 5) is 34.6. The summed E-state index contributed by atoms with van der Waals surface area (Å²) in [5, 5.41) is 11.5. The number of likely N-dealkylation sites (N-methyl/N-ethyl adjacent to an activating group) is 1. The summed E-state index contributed by atoms with van der Waals surface area (Å²) in [6, 6.07) is 24.7. The minimum Gasteiger partial charge on any atom is -0.507 e. The minimum absolute atomic E-state index is 0.00161. The van der Waals surface area contributed by atoms with Gasteiger partial charge in [-0.1, -0.05) is 36.4 Å². The third-order valence-electron chi connectivity index (χ3n) is 7.14. The third kappa shape index (κ3) is 4.64. The number of ketones is 1. The Morgan fingerprint density at radius 2 is 1.82 bits per heavy atom. The first-order valence-electron chi connectivity index (χ1n) is 13.0. The molecule has 8 heteroatoms. The number of carbonyl (C=O) groups is 2. The normalized spacial score (nSPS) is 17.9. The van der Waals surface area contributed by atoms with E-state index in [9.17, 15) is 14.7 Å². The van der Waals surface area contributed by atoms with Crippen molar-refractivity contribution in [3.05, 3.63) is 120 Å². The van der Waals surface area contributed by atoms with Gasteiger partial charge in [-0.15, -0.1) is 0 Å². The van der Waals surface area contributed by atoms with E-state index in [-0.39, 0.29) is 11.3 Å². The number of amides is 1. The van der Waals surface area contributed by atoms with E-state index >= 15 is 0 Å². The zero-order valence-electron chi connectivity index (χ0n) is 21.9. The second kappa shape index (κ2) is 10.6. The first kappa shape index (κ1) is 25.2. The van der Waals surface area contributed by atoms with Crippen molar-refractivity contribution >= 4 is 28.8 Å². The average molecular weight is 534 g/mol. The van der Waals surface area contributed by atoms with Crippen LogP contribution >= 0.6 is 0 Å². The van der Waals surface area contributed by atoms with E-state index in [1.54, 1.807) is 67.0 Å². The number of rotatable bonds is 6. The number of aliphatic hydroxyl groups excluding tert-OH is 1. The number of aliphatic hydroxyl groups is 1. The molecule has 3 heterocycles. The number of benzene rings is 3. The second-order valence-corrected chi connectivity index (χ2v) is 9.68. The van der Waals surface area contributed by atoms with Gasteiger partial charge in [-0.25, -0.2) is 0 Å². The van der Waals surface area contributed by atoms with Gasteiger partial charge in [0.05, 0.1) is 23.8 Å². The topological polar surface area (TPSA) is 92.2 Å². The zero-order chi connectivity index (χ0) is 27.6. The molecule has 1 atom stereocenters. The van der Waals surface area contributed by atoms with E-state index in [1.807, 2.05) is 42.3 Å². The lowest BCUT2D eigenvalue weighted by Gasteiger charge is -2.28. The predicted molar refractivity (Wildman–Crippen MR) is 151 cm³/mol. The molecule has 1 N–H and O–H groups in total. The number of fused-ring (bicyclic) bond motifs is 1. The van der Waals surface area contributed by atoms with Gasteiger partial charge in [0.2, 0.25) is 0 Å². The highest BCUT2D eigenvalue weighted by Crippen LogP contribution is 2.43. The molecule has 200 valence electrons. The summed E-state index contributed by atoms with van der Waals surface area (Å²) < 4.78 is 11.6. The zero-order valence-corrected chi connectivity index (χ0v) is 21.9. The van der Waals surface area contributed by atoms with Gasteiger partial charge in [0.25, 0.3) is 11.7 Å². The van der Waals surface area contributed by atoms with Crippen molar-refractivity contribution in [2.24, 2.45) is 0 Å². The van der Waals surface area contributed by atoms with Crippen LogP contribution in [0.2, 0.25) is 0 Å². The van der Waals surface area contributed by atoms with Crippen molar-refractivity contribution in [3.8, 4) is 11.5 Å². The van der Waals surface area contributed by atoms with Crippen molar-refractivity contribution in [2.75, 3.05) is 30.0 Å². The van der Waals surface area contributed by atoms with Crippen LogP contribution in [-0.2, 0) is 16.2 Å². The molecule has 8 nitrogen and oxygen atoms in total. The fourth-order valence-corrected chi connectivity index (χ4v) is 5.05. The van der Waals surface area contributed by atoms with Gasteiger partial charge < -0.3 is 19.5 Å². The SMILES string of the molecule is CN1CCOc2ccc(/C(O)=C3/C(=O)C(=O)N(c4ccc(OCc5ccccc5)cc4)C3c3cccnc3)cc21. The van der Waals surface area contributed by atoms with Gasteiger partial charge in [0, 0.05) is 30.7 Å². The number of nitrogens with zero attached hydrogens (tertiary/aromatic N) is 3. The van der Waals surface area contributed by atoms with Crippen LogP contribution < -0.4 is 19.3 Å². The van der Waals surface area contributed by atoms with Crippen LogP contribution in [-0.4, -0.2) is 42.0 Å². The Morgan fingerprint density at radius 1 is 1.02 bits per heavy atom. The fourth-order valence-electron chi connectivity index (χ4n) is 5.05. The van der Waals surface area contributed by atoms with Crippen LogP contribution in [0.25, 0.3) is 5.76 Å². The molecule has 3 aromatic carbocycles. The van der Waals surface area contributed by atoms with Gasteiger partial charge in [-0.3, -0.25) is 19.5 Å². The van der Waals surface area contributed by atoms with Gasteiger partial charge >= 0.3 is 0 Å². The van der Waals surface area contributed by atoms with Crippen LogP contribution in [0, 0.1) is 0 Å². The monoisotopic (exact) mass is 533 g/mol. The number of carbonyl (C=O) groups excluding carboxylic acids is 2. The van der Waals surface area contributed by atoms with Crippen LogP contribution in [0.15, 0.2) is 103 Å². The number of aromatic nitrogens is 1. The van der Waals surface area contributed by atoms with Gasteiger partial charge in [0.15, 0.2) is 0 Å². The number of ether oxygens (including phenoxy) is 2. The lowest BCUT2D eigenvalue weighted by molar-refractivity contribution is -0.132. The highest BCUT2D eigenvalue weighted by molar-refractivity contribution is 6.51. The first-order valence-corrected chi connectivity index (χ1v) is 13.0. The maximum Gasteiger partial charge on any atom is 0.300 e. The Kier molecular flexibility index (Phi) is 6.66. The quantitative estimate of drug-likeness (QED) is 0.209. The Balaban J connectivity index is 1.37. The molecule has 1 fully saturated rings. The number of pyridine rings is 1. The third-order valence-corrected chi connectivity index (χ3v) is 7.14. The van der Waals surface area contributed by atoms with E-state index in [2.05, 4.69) is 4.98 Å². The van der Waals surface area contributed by atoms with E-state index in [4.69, 9.17) is 9.47 Å². The molecular formula is C32H27N3O5. The predicted octanol–water partition coefficient (Wildman–Crippen LogP) is 5.12. The summed E-state index contributed by atoms with van der Waals surface area (Å²) in [7, 11) is 1.94. The summed E-state index contributed by atoms with van der Waals surface area (Å²) in [5.74, 6) is -0.421. The van der Waals surface area contributed by atoms with Crippen molar-refractivity contribution < 1.29 is 24.2 Å². The molecule has 0 radical (unpaired) electrons. The largest absolute Gasteiger partial charge is 0.507 e. The molecule has 0 saturated carbocycles. The van der Waals surface area contributed by atoms with Crippen LogP contribution in [0.3, 0.4) is 0 Å². The second-order valence-electron chi connectivity index (χ2n) is 9.68. The smallest absolute Gasteiger partial charge is 0.300 e. The standard InChI is InChI=1S/C32H27N3O5/c1-34-16-17-39-27-14-9-22(18-26(27)34)30(36)28-29(23-8-5-15-33-19-23)35(32(38)31(28)37)24-10-12-25(13-11-24)40-20-21-6-3-2-4-7-21/h2-15,18-19,29,36H,16-17,20H2,1H3/b30-28-. The van der Waals surface area contributed by atoms with Crippen molar-refractivity contribution in [1.82, 2.24) is 4.98 Å². The maximum absolute atomic E-state index is 13.5. The molecule has 1 saturated heterocycles. The molecule has 2 aliphatic heterocycles. The van der Waals surface area contributed by atoms with Crippen LogP contribution in [0.5, 0.6) is 11.5 Å². The summed E-state index contributed by atoms with van der Waals surface area (Å²) >= 11 is 0. The van der Waals surface area contributed by atoms with Crippen molar-refractivity contribution in [1.29, 1.82) is 0 Å². The molecule has 0 spiro atoms. The molecule has 0 aliphatic carbocycles. The fraction of sp³-hybridized carbons (Fsp3) is 0.156. The van der Waals surface area contributed by atoms with Crippen LogP contribution in [0.4, 0.5) is 11.4 Å². The lowest BCUT2D eigenvalue weighted by Crippen LogP contribution is -2.29. The number of hydrogen-bond acceptors (Lipinski definition) is 7. The van der Waals surface area contributed by atoms with Gasteiger partial charge in [-0.2, -0.15) is 0 Å². The summed E-state index contributed by atoms with van der Waals surface area (Å²) in [5.41, 5.74) is 3.36. The summed E-state index contributed by atoms with van der Waals surface area (Å²) in [6.45, 7) is 1.67. The minimum atomic E-state index is -0.866. The van der Waals surface area contributed by atoms with Gasteiger partial charge in [0.1, 0.15) is 30.5 Å². The molecule has 40 heavy (non-hydrogen) atoms. The molecule has 4 aromatic rings. The van der Waals surface area contributed by atoms with Crippen molar-refractivity contribution in [2.45, 2.75) is 12.6 Å². The Hall–Kier alpha value is -5.11. The molecular weight excluding hydrogens is 506 g/mol. The number of hydrogen-bond donors (Lipinski definition) is 1. The molecule has 1 amide bonds. The molecule has 1 aromatic heterocycles.